The van der Waals surface area contributed by atoms with Gasteiger partial charge in [-0.05, 0) is 81.2 Å². The van der Waals surface area contributed by atoms with Crippen LogP contribution in [-0.4, -0.2) is 4.98 Å². The van der Waals surface area contributed by atoms with E-state index in [1.54, 1.807) is 0 Å². The van der Waals surface area contributed by atoms with Crippen molar-refractivity contribution in [1.29, 1.82) is 0 Å². The van der Waals surface area contributed by atoms with Gasteiger partial charge < -0.3 is 5.32 Å². The fourth-order valence-corrected chi connectivity index (χ4v) is 4.37. The van der Waals surface area contributed by atoms with Crippen LogP contribution in [-0.2, 0) is 12.8 Å². The second-order valence-corrected chi connectivity index (χ2v) is 8.39. The number of hydrogen-bond acceptors (Lipinski definition) is 2. The van der Waals surface area contributed by atoms with Crippen LogP contribution in [0.1, 0.15) is 51.3 Å². The van der Waals surface area contributed by atoms with Gasteiger partial charge in [0.25, 0.3) is 0 Å². The number of nitrogens with zero attached hydrogens (tertiary/aromatic N) is 1. The first-order chi connectivity index (χ1) is 13.0. The predicted octanol–water partition coefficient (Wildman–Crippen LogP) is 6.95. The van der Waals surface area contributed by atoms with Crippen LogP contribution < -0.4 is 5.32 Å². The Morgan fingerprint density at radius 3 is 2.70 bits per heavy atom. The molecule has 27 heavy (non-hydrogen) atoms. The summed E-state index contributed by atoms with van der Waals surface area (Å²) in [6, 6.07) is 10.2. The number of pyridine rings is 1. The van der Waals surface area contributed by atoms with Crippen LogP contribution in [0.5, 0.6) is 0 Å². The molecule has 0 spiro atoms. The highest BCUT2D eigenvalue weighted by molar-refractivity contribution is 6.33. The Morgan fingerprint density at radius 1 is 1.11 bits per heavy atom. The van der Waals surface area contributed by atoms with Gasteiger partial charge in [-0.1, -0.05) is 42.3 Å². The Bertz CT molecular complexity index is 939. The zero-order valence-corrected chi connectivity index (χ0v) is 17.2. The van der Waals surface area contributed by atoms with Crippen LogP contribution in [0.3, 0.4) is 0 Å². The average Bonchev–Trinajstić information content (AvgIpc) is 2.66. The Kier molecular flexibility index (Phi) is 5.10. The molecule has 0 saturated carbocycles. The maximum absolute atomic E-state index is 6.47. The van der Waals surface area contributed by atoms with Gasteiger partial charge in [-0.25, -0.2) is 0 Å². The van der Waals surface area contributed by atoms with Crippen molar-refractivity contribution >= 4 is 17.3 Å². The Balaban J connectivity index is 1.79. The first kappa shape index (κ1) is 18.3. The molecule has 1 aromatic heterocycles. The Morgan fingerprint density at radius 2 is 1.89 bits per heavy atom. The summed E-state index contributed by atoms with van der Waals surface area (Å²) in [4.78, 5) is 4.99. The molecule has 1 N–H and O–H groups in total. The molecule has 0 radical (unpaired) electrons. The number of nitrogens with one attached hydrogen (secondary N) is 1. The zero-order valence-electron chi connectivity index (χ0n) is 16.4. The molecule has 2 aromatic rings. The monoisotopic (exact) mass is 378 g/mol. The molecular formula is C24H27ClN2. The molecule has 1 unspecified atom stereocenters. The van der Waals surface area contributed by atoms with Crippen molar-refractivity contribution in [2.45, 2.75) is 52.9 Å². The van der Waals surface area contributed by atoms with Crippen LogP contribution in [0.2, 0.25) is 5.02 Å². The molecule has 2 aliphatic carbocycles. The van der Waals surface area contributed by atoms with Crippen LogP contribution in [0, 0.1) is 5.92 Å². The van der Waals surface area contributed by atoms with Gasteiger partial charge in [0, 0.05) is 27.7 Å². The van der Waals surface area contributed by atoms with Crippen LogP contribution >= 0.6 is 11.6 Å². The highest BCUT2D eigenvalue weighted by Crippen LogP contribution is 2.36. The van der Waals surface area contributed by atoms with Crippen LogP contribution in [0.25, 0.3) is 11.3 Å². The number of benzene rings is 1. The third kappa shape index (κ3) is 3.68. The minimum absolute atomic E-state index is 0.626. The third-order valence-electron chi connectivity index (χ3n) is 5.94. The molecule has 0 saturated heterocycles. The number of anilines is 1. The van der Waals surface area contributed by atoms with Crippen molar-refractivity contribution < 1.29 is 0 Å². The summed E-state index contributed by atoms with van der Waals surface area (Å²) in [6.07, 6.45) is 8.02. The fraction of sp³-hybridized carbons (Fsp3) is 0.375. The molecule has 1 atom stereocenters. The van der Waals surface area contributed by atoms with E-state index in [0.29, 0.717) is 5.92 Å². The summed E-state index contributed by atoms with van der Waals surface area (Å²) in [7, 11) is 0. The van der Waals surface area contributed by atoms with Crippen LogP contribution in [0.4, 0.5) is 5.69 Å². The van der Waals surface area contributed by atoms with Gasteiger partial charge in [0.1, 0.15) is 0 Å². The minimum Gasteiger partial charge on any atom is -0.355 e. The van der Waals surface area contributed by atoms with Crippen molar-refractivity contribution in [3.63, 3.8) is 0 Å². The summed E-state index contributed by atoms with van der Waals surface area (Å²) in [5.41, 5.74) is 9.88. The quantitative estimate of drug-likeness (QED) is 0.624. The summed E-state index contributed by atoms with van der Waals surface area (Å²) >= 11 is 6.47. The molecule has 1 aromatic carbocycles. The first-order valence-corrected chi connectivity index (χ1v) is 10.3. The maximum Gasteiger partial charge on any atom is 0.0741 e. The van der Waals surface area contributed by atoms with Crippen molar-refractivity contribution in [2.75, 3.05) is 5.32 Å². The Labute approximate surface area is 167 Å². The van der Waals surface area contributed by atoms with Gasteiger partial charge in [0.05, 0.1) is 5.69 Å². The lowest BCUT2D eigenvalue weighted by Crippen LogP contribution is -2.14. The van der Waals surface area contributed by atoms with E-state index in [-0.39, 0.29) is 0 Å². The summed E-state index contributed by atoms with van der Waals surface area (Å²) in [5, 5.41) is 4.51. The standard InChI is InChI=1S/C24H27ClN2/c1-15-12-17(3)22(13-16(15)2)27-24-14-23(18-8-4-6-10-20(18)25)26-21-11-7-5-9-19(21)24/h4,6,8,10,13-15H,5,7,9,11-12H2,1-3H3,(H,26,27). The van der Waals surface area contributed by atoms with Crippen LogP contribution in [0.15, 0.2) is 53.3 Å². The van der Waals surface area contributed by atoms with Crippen molar-refractivity contribution in [3.8, 4) is 11.3 Å². The van der Waals surface area contributed by atoms with Gasteiger partial charge in [-0.2, -0.15) is 0 Å². The normalized spacial score (nSPS) is 19.6. The minimum atomic E-state index is 0.626. The van der Waals surface area contributed by atoms with Gasteiger partial charge in [-0.3, -0.25) is 4.98 Å². The van der Waals surface area contributed by atoms with E-state index in [1.807, 2.05) is 18.2 Å². The van der Waals surface area contributed by atoms with Crippen molar-refractivity contribution in [2.24, 2.45) is 5.92 Å². The van der Waals surface area contributed by atoms with E-state index >= 15 is 0 Å². The second-order valence-electron chi connectivity index (χ2n) is 7.98. The zero-order chi connectivity index (χ0) is 19.0. The Hall–Kier alpha value is -2.06. The third-order valence-corrected chi connectivity index (χ3v) is 6.27. The second kappa shape index (κ2) is 7.52. The topological polar surface area (TPSA) is 24.9 Å². The number of hydrogen-bond donors (Lipinski definition) is 1. The molecule has 4 rings (SSSR count). The lowest BCUT2D eigenvalue weighted by molar-refractivity contribution is 0.655. The average molecular weight is 379 g/mol. The highest BCUT2D eigenvalue weighted by atomic mass is 35.5. The maximum atomic E-state index is 6.47. The summed E-state index contributed by atoms with van der Waals surface area (Å²) < 4.78 is 0. The molecule has 2 aliphatic rings. The number of halogens is 1. The summed E-state index contributed by atoms with van der Waals surface area (Å²) in [6.45, 7) is 6.77. The van der Waals surface area contributed by atoms with E-state index in [2.05, 4.69) is 44.3 Å². The molecule has 2 nitrogen and oxygen atoms in total. The van der Waals surface area contributed by atoms with Gasteiger partial charge in [0.15, 0.2) is 0 Å². The molecule has 3 heteroatoms. The molecule has 140 valence electrons. The summed E-state index contributed by atoms with van der Waals surface area (Å²) in [5.74, 6) is 0.626. The number of rotatable bonds is 3. The van der Waals surface area contributed by atoms with Crippen molar-refractivity contribution in [1.82, 2.24) is 4.98 Å². The van der Waals surface area contributed by atoms with Crippen molar-refractivity contribution in [3.05, 3.63) is 69.5 Å². The van der Waals surface area contributed by atoms with Gasteiger partial charge in [0.2, 0.25) is 0 Å². The largest absolute Gasteiger partial charge is 0.355 e. The highest BCUT2D eigenvalue weighted by Gasteiger charge is 2.20. The molecule has 0 bridgehead atoms. The lowest BCUT2D eigenvalue weighted by atomic mass is 9.88. The van der Waals surface area contributed by atoms with Gasteiger partial charge in [-0.15, -0.1) is 0 Å². The number of aromatic nitrogens is 1. The SMILES string of the molecule is CC1=CC(Nc2cc(-c3ccccc3Cl)nc3c2CCCC3)=C(C)CC1C. The number of allylic oxidation sites excluding steroid dienone is 3. The number of fused-ring (bicyclic) bond motifs is 1. The van der Waals surface area contributed by atoms with Gasteiger partial charge >= 0.3 is 0 Å². The van der Waals surface area contributed by atoms with E-state index in [0.717, 1.165) is 35.5 Å². The molecule has 1 heterocycles. The first-order valence-electron chi connectivity index (χ1n) is 9.95. The molecule has 0 aliphatic heterocycles. The lowest BCUT2D eigenvalue weighted by Gasteiger charge is -2.26. The fourth-order valence-electron chi connectivity index (χ4n) is 4.13. The molecule has 0 amide bonds. The predicted molar refractivity (Wildman–Crippen MR) is 115 cm³/mol. The van der Waals surface area contributed by atoms with E-state index in [1.165, 1.54) is 46.6 Å². The van der Waals surface area contributed by atoms with E-state index in [4.69, 9.17) is 16.6 Å². The van der Waals surface area contributed by atoms with E-state index < -0.39 is 0 Å². The smallest absolute Gasteiger partial charge is 0.0741 e. The van der Waals surface area contributed by atoms with E-state index in [9.17, 15) is 0 Å². The number of aryl methyl sites for hydroxylation is 1. The molecule has 0 fully saturated rings. The molecular weight excluding hydrogens is 352 g/mol.